The number of nitrogens with zero attached hydrogens (tertiary/aromatic N) is 6. The van der Waals surface area contributed by atoms with Gasteiger partial charge in [-0.15, -0.1) is 0 Å². The minimum absolute atomic E-state index is 0.481. The van der Waals surface area contributed by atoms with E-state index in [9.17, 15) is 0 Å². The van der Waals surface area contributed by atoms with Crippen LogP contribution in [0.3, 0.4) is 0 Å². The molecule has 0 amide bonds. The van der Waals surface area contributed by atoms with Gasteiger partial charge in [0.25, 0.3) is 0 Å². The number of rotatable bonds is 6. The summed E-state index contributed by atoms with van der Waals surface area (Å²) in [4.78, 5) is 18.3. The van der Waals surface area contributed by atoms with Gasteiger partial charge in [-0.2, -0.15) is 11.3 Å². The maximum absolute atomic E-state index is 5.83. The van der Waals surface area contributed by atoms with Crippen LogP contribution in [0, 0.1) is 0 Å². The lowest BCUT2D eigenvalue weighted by Gasteiger charge is -2.33. The molecule has 2 aliphatic heterocycles. The van der Waals surface area contributed by atoms with E-state index in [2.05, 4.69) is 47.4 Å². The average Bonchev–Trinajstić information content (AvgIpc) is 3.37. The number of imidazole rings is 1. The number of nitrogen functional groups attached to an aromatic ring is 1. The van der Waals surface area contributed by atoms with Crippen molar-refractivity contribution >= 4 is 23.0 Å². The van der Waals surface area contributed by atoms with Crippen LogP contribution in [0.4, 0.5) is 11.6 Å². The molecule has 2 N–H and O–H groups in total. The van der Waals surface area contributed by atoms with Crippen molar-refractivity contribution in [2.24, 2.45) is 0 Å². The standard InChI is InChI=1S/C21H27N7S/c22-19-12-20(24-15-23-19)27-7-2-16(3-8-27)21-25-18(17-4-11-29-14-17)13-28(21)10-9-26-5-1-6-26/h4,11-16H,1-3,5-10H2,(H2,22,23,24). The van der Waals surface area contributed by atoms with Crippen molar-refractivity contribution in [3.05, 3.63) is 41.2 Å². The van der Waals surface area contributed by atoms with E-state index in [0.717, 1.165) is 50.5 Å². The lowest BCUT2D eigenvalue weighted by molar-refractivity contribution is 0.173. The van der Waals surface area contributed by atoms with Gasteiger partial charge in [-0.25, -0.2) is 15.0 Å². The number of likely N-dealkylation sites (tertiary alicyclic amines) is 1. The highest BCUT2D eigenvalue weighted by molar-refractivity contribution is 7.08. The third kappa shape index (κ3) is 4.00. The summed E-state index contributed by atoms with van der Waals surface area (Å²) in [6.07, 6.45) is 7.30. The summed E-state index contributed by atoms with van der Waals surface area (Å²) in [6, 6.07) is 4.03. The maximum atomic E-state index is 5.83. The Balaban J connectivity index is 1.32. The Morgan fingerprint density at radius 3 is 2.66 bits per heavy atom. The maximum Gasteiger partial charge on any atom is 0.134 e. The molecule has 0 spiro atoms. The third-order valence-corrected chi connectivity index (χ3v) is 6.77. The normalized spacial score (nSPS) is 18.1. The van der Waals surface area contributed by atoms with Gasteiger partial charge in [0.05, 0.1) is 5.69 Å². The molecule has 0 atom stereocenters. The molecular formula is C21H27N7S. The zero-order chi connectivity index (χ0) is 19.6. The summed E-state index contributed by atoms with van der Waals surface area (Å²) in [5, 5.41) is 4.31. The fourth-order valence-corrected chi connectivity index (χ4v) is 4.89. The van der Waals surface area contributed by atoms with E-state index in [4.69, 9.17) is 10.7 Å². The first kappa shape index (κ1) is 18.6. The molecule has 2 aliphatic rings. The largest absolute Gasteiger partial charge is 0.384 e. The highest BCUT2D eigenvalue weighted by Crippen LogP contribution is 2.32. The Labute approximate surface area is 175 Å². The molecule has 5 rings (SSSR count). The van der Waals surface area contributed by atoms with Crippen LogP contribution in [0.2, 0.25) is 0 Å². The summed E-state index contributed by atoms with van der Waals surface area (Å²) in [5.41, 5.74) is 8.17. The van der Waals surface area contributed by atoms with E-state index < -0.39 is 0 Å². The molecule has 5 heterocycles. The predicted octanol–water partition coefficient (Wildman–Crippen LogP) is 3.07. The van der Waals surface area contributed by atoms with Crippen molar-refractivity contribution < 1.29 is 0 Å². The van der Waals surface area contributed by atoms with Crippen LogP contribution in [0.15, 0.2) is 35.4 Å². The van der Waals surface area contributed by atoms with Gasteiger partial charge in [-0.1, -0.05) is 0 Å². The van der Waals surface area contributed by atoms with E-state index in [0.29, 0.717) is 11.7 Å². The van der Waals surface area contributed by atoms with Crippen LogP contribution in [-0.2, 0) is 6.54 Å². The number of hydrogen-bond donors (Lipinski definition) is 1. The third-order valence-electron chi connectivity index (χ3n) is 6.09. The topological polar surface area (TPSA) is 76.1 Å². The molecule has 3 aromatic heterocycles. The monoisotopic (exact) mass is 409 g/mol. The SMILES string of the molecule is Nc1cc(N2CCC(c3nc(-c4ccsc4)cn3CCN3CCC3)CC2)ncn1. The van der Waals surface area contributed by atoms with Crippen molar-refractivity contribution in [1.29, 1.82) is 0 Å². The number of piperidine rings is 1. The summed E-state index contributed by atoms with van der Waals surface area (Å²) < 4.78 is 2.41. The second kappa shape index (κ2) is 8.12. The highest BCUT2D eigenvalue weighted by atomic mass is 32.1. The van der Waals surface area contributed by atoms with E-state index in [1.54, 1.807) is 17.7 Å². The fraction of sp³-hybridized carbons (Fsp3) is 0.476. The van der Waals surface area contributed by atoms with Crippen molar-refractivity contribution in [2.45, 2.75) is 31.7 Å². The number of anilines is 2. The molecule has 0 radical (unpaired) electrons. The fourth-order valence-electron chi connectivity index (χ4n) is 4.24. The van der Waals surface area contributed by atoms with Crippen LogP contribution in [-0.4, -0.2) is 57.1 Å². The van der Waals surface area contributed by atoms with Crippen molar-refractivity contribution in [3.8, 4) is 11.3 Å². The van der Waals surface area contributed by atoms with Gasteiger partial charge in [-0.05, 0) is 43.8 Å². The summed E-state index contributed by atoms with van der Waals surface area (Å²) in [7, 11) is 0. The van der Waals surface area contributed by atoms with Gasteiger partial charge in [-0.3, -0.25) is 0 Å². The molecular weight excluding hydrogens is 382 g/mol. The van der Waals surface area contributed by atoms with Gasteiger partial charge in [0.2, 0.25) is 0 Å². The molecule has 152 valence electrons. The smallest absolute Gasteiger partial charge is 0.134 e. The van der Waals surface area contributed by atoms with Crippen LogP contribution in [0.1, 0.15) is 31.0 Å². The Morgan fingerprint density at radius 2 is 1.97 bits per heavy atom. The van der Waals surface area contributed by atoms with E-state index in [1.165, 1.54) is 30.9 Å². The first-order valence-corrected chi connectivity index (χ1v) is 11.3. The second-order valence-corrected chi connectivity index (χ2v) is 8.73. The van der Waals surface area contributed by atoms with E-state index >= 15 is 0 Å². The van der Waals surface area contributed by atoms with Crippen LogP contribution < -0.4 is 10.6 Å². The number of nitrogens with two attached hydrogens (primary N) is 1. The molecule has 0 bridgehead atoms. The van der Waals surface area contributed by atoms with Crippen LogP contribution >= 0.6 is 11.3 Å². The Bertz CT molecular complexity index is 940. The Kier molecular flexibility index (Phi) is 5.20. The Morgan fingerprint density at radius 1 is 1.10 bits per heavy atom. The molecule has 2 saturated heterocycles. The molecule has 2 fully saturated rings. The quantitative estimate of drug-likeness (QED) is 0.674. The minimum Gasteiger partial charge on any atom is -0.384 e. The number of thiophene rings is 1. The lowest BCUT2D eigenvalue weighted by atomic mass is 9.96. The molecule has 29 heavy (non-hydrogen) atoms. The molecule has 0 unspecified atom stereocenters. The number of aromatic nitrogens is 4. The Hall–Kier alpha value is -2.45. The first-order chi connectivity index (χ1) is 14.3. The molecule has 0 saturated carbocycles. The summed E-state index contributed by atoms with van der Waals surface area (Å²) >= 11 is 1.73. The summed E-state index contributed by atoms with van der Waals surface area (Å²) in [6.45, 7) is 6.55. The molecule has 7 nitrogen and oxygen atoms in total. The van der Waals surface area contributed by atoms with Crippen LogP contribution in [0.5, 0.6) is 0 Å². The summed E-state index contributed by atoms with van der Waals surface area (Å²) in [5.74, 6) is 3.18. The highest BCUT2D eigenvalue weighted by Gasteiger charge is 2.26. The van der Waals surface area contributed by atoms with E-state index in [-0.39, 0.29) is 0 Å². The first-order valence-electron chi connectivity index (χ1n) is 10.4. The van der Waals surface area contributed by atoms with Gasteiger partial charge >= 0.3 is 0 Å². The zero-order valence-electron chi connectivity index (χ0n) is 16.6. The number of hydrogen-bond acceptors (Lipinski definition) is 7. The predicted molar refractivity (Wildman–Crippen MR) is 117 cm³/mol. The van der Waals surface area contributed by atoms with Crippen molar-refractivity contribution in [2.75, 3.05) is 43.4 Å². The lowest BCUT2D eigenvalue weighted by Crippen LogP contribution is -2.39. The molecule has 0 aliphatic carbocycles. The zero-order valence-corrected chi connectivity index (χ0v) is 17.4. The molecule has 0 aromatic carbocycles. The second-order valence-electron chi connectivity index (χ2n) is 7.95. The van der Waals surface area contributed by atoms with Crippen LogP contribution in [0.25, 0.3) is 11.3 Å². The van der Waals surface area contributed by atoms with Crippen molar-refractivity contribution in [1.82, 2.24) is 24.4 Å². The molecule has 8 heteroatoms. The van der Waals surface area contributed by atoms with Gasteiger partial charge < -0.3 is 20.1 Å². The van der Waals surface area contributed by atoms with Gasteiger partial charge in [0, 0.05) is 55.3 Å². The van der Waals surface area contributed by atoms with E-state index in [1.807, 2.05) is 6.07 Å². The minimum atomic E-state index is 0.481. The van der Waals surface area contributed by atoms with Gasteiger partial charge in [0.1, 0.15) is 23.8 Å². The average molecular weight is 410 g/mol. The van der Waals surface area contributed by atoms with Crippen molar-refractivity contribution in [3.63, 3.8) is 0 Å². The molecule has 3 aromatic rings. The van der Waals surface area contributed by atoms with Gasteiger partial charge in [0.15, 0.2) is 0 Å².